The lowest BCUT2D eigenvalue weighted by atomic mass is 10.2. The molecule has 1 amide bonds. The Morgan fingerprint density at radius 1 is 1.23 bits per heavy atom. The van der Waals surface area contributed by atoms with Gasteiger partial charge in [-0.1, -0.05) is 26.2 Å². The van der Waals surface area contributed by atoms with E-state index < -0.39 is 0 Å². The molecule has 0 unspecified atom stereocenters. The highest BCUT2D eigenvalue weighted by Crippen LogP contribution is 1.98. The van der Waals surface area contributed by atoms with Gasteiger partial charge in [-0.2, -0.15) is 0 Å². The Hall–Kier alpha value is -0.570. The number of amides is 1. The van der Waals surface area contributed by atoms with Gasteiger partial charge in [0.25, 0.3) is 0 Å². The Bertz CT molecular complexity index is 126. The summed E-state index contributed by atoms with van der Waals surface area (Å²) in [4.78, 5) is 10.8. The fraction of sp³-hybridized carbons (Fsp3) is 0.900. The van der Waals surface area contributed by atoms with Gasteiger partial charge in [-0.25, -0.2) is 0 Å². The van der Waals surface area contributed by atoms with Crippen LogP contribution in [-0.4, -0.2) is 26.2 Å². The van der Waals surface area contributed by atoms with Crippen molar-refractivity contribution < 1.29 is 9.53 Å². The Morgan fingerprint density at radius 3 is 2.62 bits per heavy atom. The van der Waals surface area contributed by atoms with Crippen LogP contribution in [0.4, 0.5) is 0 Å². The summed E-state index contributed by atoms with van der Waals surface area (Å²) in [6, 6.07) is 0. The monoisotopic (exact) mass is 187 g/mol. The van der Waals surface area contributed by atoms with E-state index in [9.17, 15) is 4.79 Å². The molecule has 0 fully saturated rings. The van der Waals surface area contributed by atoms with E-state index in [4.69, 9.17) is 4.74 Å². The molecule has 0 aromatic heterocycles. The zero-order valence-electron chi connectivity index (χ0n) is 8.77. The molecule has 0 radical (unpaired) electrons. The summed E-state index contributed by atoms with van der Waals surface area (Å²) in [5.74, 6) is 0.0496. The van der Waals surface area contributed by atoms with E-state index in [0.29, 0.717) is 13.0 Å². The van der Waals surface area contributed by atoms with Crippen molar-refractivity contribution in [1.82, 2.24) is 5.32 Å². The lowest BCUT2D eigenvalue weighted by Crippen LogP contribution is -2.19. The van der Waals surface area contributed by atoms with E-state index in [-0.39, 0.29) is 5.91 Å². The molecular weight excluding hydrogens is 166 g/mol. The predicted octanol–water partition coefficient (Wildman–Crippen LogP) is 1.72. The van der Waals surface area contributed by atoms with Crippen molar-refractivity contribution in [2.75, 3.05) is 20.3 Å². The fourth-order valence-electron chi connectivity index (χ4n) is 1.02. The maximum atomic E-state index is 10.8. The molecule has 78 valence electrons. The molecule has 0 aromatic carbocycles. The first kappa shape index (κ1) is 12.4. The minimum atomic E-state index is 0.0496. The highest BCUT2D eigenvalue weighted by atomic mass is 16.5. The Morgan fingerprint density at radius 2 is 2.00 bits per heavy atom. The fourth-order valence-corrected chi connectivity index (χ4v) is 1.02. The summed E-state index contributed by atoms with van der Waals surface area (Å²) in [6.45, 7) is 3.52. The van der Waals surface area contributed by atoms with Gasteiger partial charge in [-0.15, -0.1) is 0 Å². The van der Waals surface area contributed by atoms with Crippen molar-refractivity contribution in [3.05, 3.63) is 0 Å². The van der Waals surface area contributed by atoms with Crippen molar-refractivity contribution in [3.8, 4) is 0 Å². The van der Waals surface area contributed by atoms with Gasteiger partial charge in [0.05, 0.1) is 6.61 Å². The maximum Gasteiger partial charge on any atom is 0.222 e. The van der Waals surface area contributed by atoms with Crippen LogP contribution in [0.3, 0.4) is 0 Å². The van der Waals surface area contributed by atoms with E-state index in [2.05, 4.69) is 12.2 Å². The molecule has 3 nitrogen and oxygen atoms in total. The van der Waals surface area contributed by atoms with Crippen LogP contribution < -0.4 is 5.32 Å². The van der Waals surface area contributed by atoms with Gasteiger partial charge in [0.1, 0.15) is 0 Å². The SMILES string of the molecule is CCCCCCOCCC(=O)NC. The molecule has 0 saturated carbocycles. The standard InChI is InChI=1S/C10H21NO2/c1-3-4-5-6-8-13-9-7-10(12)11-2/h3-9H2,1-2H3,(H,11,12). The van der Waals surface area contributed by atoms with E-state index >= 15 is 0 Å². The molecule has 0 bridgehead atoms. The normalized spacial score (nSPS) is 10.0. The third-order valence-corrected chi connectivity index (χ3v) is 1.89. The molecule has 0 heterocycles. The van der Waals surface area contributed by atoms with Crippen LogP contribution in [0.1, 0.15) is 39.0 Å². The second kappa shape index (κ2) is 9.52. The topological polar surface area (TPSA) is 38.3 Å². The zero-order valence-corrected chi connectivity index (χ0v) is 8.77. The lowest BCUT2D eigenvalue weighted by Gasteiger charge is -2.02. The molecular formula is C10H21NO2. The molecule has 0 aromatic rings. The molecule has 0 rings (SSSR count). The Balaban J connectivity index is 2.95. The van der Waals surface area contributed by atoms with Gasteiger partial charge in [0, 0.05) is 20.1 Å². The van der Waals surface area contributed by atoms with Gasteiger partial charge in [-0.3, -0.25) is 4.79 Å². The van der Waals surface area contributed by atoms with Crippen molar-refractivity contribution in [3.63, 3.8) is 0 Å². The molecule has 3 heteroatoms. The van der Waals surface area contributed by atoms with Crippen molar-refractivity contribution >= 4 is 5.91 Å². The summed E-state index contributed by atoms with van der Waals surface area (Å²) < 4.78 is 5.29. The highest BCUT2D eigenvalue weighted by Gasteiger charge is 1.96. The van der Waals surface area contributed by atoms with E-state index in [1.807, 2.05) is 0 Å². The quantitative estimate of drug-likeness (QED) is 0.588. The average Bonchev–Trinajstić information content (AvgIpc) is 2.16. The highest BCUT2D eigenvalue weighted by molar-refractivity contribution is 5.75. The second-order valence-electron chi connectivity index (χ2n) is 3.10. The number of carbonyl (C=O) groups excluding carboxylic acids is 1. The third kappa shape index (κ3) is 9.34. The third-order valence-electron chi connectivity index (χ3n) is 1.89. The Kier molecular flexibility index (Phi) is 9.10. The summed E-state index contributed by atoms with van der Waals surface area (Å²) >= 11 is 0. The van der Waals surface area contributed by atoms with Gasteiger partial charge in [0.15, 0.2) is 0 Å². The number of carbonyl (C=O) groups is 1. The van der Waals surface area contributed by atoms with E-state index in [1.165, 1.54) is 19.3 Å². The van der Waals surface area contributed by atoms with Crippen molar-refractivity contribution in [1.29, 1.82) is 0 Å². The zero-order chi connectivity index (χ0) is 9.94. The number of rotatable bonds is 8. The first-order chi connectivity index (χ1) is 6.31. The molecule has 0 aliphatic carbocycles. The summed E-state index contributed by atoms with van der Waals surface area (Å²) in [5.41, 5.74) is 0. The Labute approximate surface area is 80.8 Å². The molecule has 1 N–H and O–H groups in total. The molecule has 0 atom stereocenters. The molecule has 0 aliphatic heterocycles. The molecule has 0 spiro atoms. The summed E-state index contributed by atoms with van der Waals surface area (Å²) in [6.07, 6.45) is 5.35. The summed E-state index contributed by atoms with van der Waals surface area (Å²) in [5, 5.41) is 2.56. The average molecular weight is 187 g/mol. The van der Waals surface area contributed by atoms with Crippen molar-refractivity contribution in [2.45, 2.75) is 39.0 Å². The van der Waals surface area contributed by atoms with E-state index in [1.54, 1.807) is 7.05 Å². The van der Waals surface area contributed by atoms with Crippen LogP contribution in [0.15, 0.2) is 0 Å². The van der Waals surface area contributed by atoms with Crippen LogP contribution in [0, 0.1) is 0 Å². The first-order valence-corrected chi connectivity index (χ1v) is 5.09. The number of hydrogen-bond acceptors (Lipinski definition) is 2. The van der Waals surface area contributed by atoms with Crippen LogP contribution in [0.5, 0.6) is 0 Å². The number of unbranched alkanes of at least 4 members (excludes halogenated alkanes) is 3. The minimum absolute atomic E-state index is 0.0496. The van der Waals surface area contributed by atoms with Crippen molar-refractivity contribution in [2.24, 2.45) is 0 Å². The number of hydrogen-bond donors (Lipinski definition) is 1. The van der Waals surface area contributed by atoms with Gasteiger partial charge in [0.2, 0.25) is 5.91 Å². The van der Waals surface area contributed by atoms with Crippen LogP contribution >= 0.6 is 0 Å². The molecule has 0 aliphatic rings. The second-order valence-corrected chi connectivity index (χ2v) is 3.10. The lowest BCUT2D eigenvalue weighted by molar-refractivity contribution is -0.121. The van der Waals surface area contributed by atoms with Crippen LogP contribution in [0.2, 0.25) is 0 Å². The van der Waals surface area contributed by atoms with Gasteiger partial charge < -0.3 is 10.1 Å². The first-order valence-electron chi connectivity index (χ1n) is 5.09. The molecule has 13 heavy (non-hydrogen) atoms. The maximum absolute atomic E-state index is 10.8. The minimum Gasteiger partial charge on any atom is -0.381 e. The van der Waals surface area contributed by atoms with Crippen LogP contribution in [-0.2, 0) is 9.53 Å². The van der Waals surface area contributed by atoms with Gasteiger partial charge in [-0.05, 0) is 6.42 Å². The predicted molar refractivity (Wildman–Crippen MR) is 53.6 cm³/mol. The number of nitrogens with one attached hydrogen (secondary N) is 1. The van der Waals surface area contributed by atoms with Gasteiger partial charge >= 0.3 is 0 Å². The van der Waals surface area contributed by atoms with E-state index in [0.717, 1.165) is 13.0 Å². The molecule has 0 saturated heterocycles. The largest absolute Gasteiger partial charge is 0.381 e. The van der Waals surface area contributed by atoms with Crippen LogP contribution in [0.25, 0.3) is 0 Å². The smallest absolute Gasteiger partial charge is 0.222 e. The number of ether oxygens (including phenoxy) is 1. The summed E-state index contributed by atoms with van der Waals surface area (Å²) in [7, 11) is 1.64.